The maximum atomic E-state index is 12.9. The molecule has 0 spiro atoms. The van der Waals surface area contributed by atoms with Gasteiger partial charge >= 0.3 is 0 Å². The predicted molar refractivity (Wildman–Crippen MR) is 99.7 cm³/mol. The number of para-hydroxylation sites is 4. The van der Waals surface area contributed by atoms with Gasteiger partial charge in [0.1, 0.15) is 17.5 Å². The second-order valence-corrected chi connectivity index (χ2v) is 5.80. The van der Waals surface area contributed by atoms with Crippen LogP contribution in [0.4, 0.5) is 11.4 Å². The van der Waals surface area contributed by atoms with E-state index in [0.717, 1.165) is 0 Å². The number of imide groups is 1. The van der Waals surface area contributed by atoms with Crippen LogP contribution >= 0.6 is 0 Å². The van der Waals surface area contributed by atoms with E-state index in [4.69, 9.17) is 9.47 Å². The number of amides is 2. The van der Waals surface area contributed by atoms with Crippen LogP contribution in [0.25, 0.3) is 0 Å². The Hall–Kier alpha value is -3.02. The molecule has 0 bridgehead atoms. The maximum Gasteiger partial charge on any atom is 0.256 e. The van der Waals surface area contributed by atoms with Crippen molar-refractivity contribution in [2.45, 2.75) is 26.3 Å². The topological polar surface area (TPSA) is 67.9 Å². The number of carbonyl (C=O) groups excluding carboxylic acids is 2. The Morgan fingerprint density at radius 3 is 2.31 bits per heavy atom. The summed E-state index contributed by atoms with van der Waals surface area (Å²) in [6, 6.07) is 13.8. The summed E-state index contributed by atoms with van der Waals surface area (Å²) in [6.07, 6.45) is 0.0831. The lowest BCUT2D eigenvalue weighted by Gasteiger charge is -2.19. The van der Waals surface area contributed by atoms with Crippen LogP contribution in [0.15, 0.2) is 48.5 Å². The van der Waals surface area contributed by atoms with Crippen molar-refractivity contribution in [2.75, 3.05) is 23.4 Å². The third-order valence-electron chi connectivity index (χ3n) is 4.07. The molecule has 3 rings (SSSR count). The van der Waals surface area contributed by atoms with E-state index < -0.39 is 6.04 Å². The van der Waals surface area contributed by atoms with Crippen molar-refractivity contribution in [1.29, 1.82) is 0 Å². The summed E-state index contributed by atoms with van der Waals surface area (Å²) in [5.41, 5.74) is 1.17. The maximum absolute atomic E-state index is 12.9. The van der Waals surface area contributed by atoms with Crippen LogP contribution in [0.5, 0.6) is 11.5 Å². The third kappa shape index (κ3) is 3.49. The monoisotopic (exact) mass is 354 g/mol. The second kappa shape index (κ2) is 7.91. The van der Waals surface area contributed by atoms with Crippen LogP contribution in [0, 0.1) is 0 Å². The molecule has 1 fully saturated rings. The summed E-state index contributed by atoms with van der Waals surface area (Å²) in [4.78, 5) is 26.6. The minimum absolute atomic E-state index is 0.0831. The molecule has 1 N–H and O–H groups in total. The molecular formula is C20H22N2O4. The van der Waals surface area contributed by atoms with E-state index >= 15 is 0 Å². The van der Waals surface area contributed by atoms with Crippen LogP contribution in [0.2, 0.25) is 0 Å². The van der Waals surface area contributed by atoms with Gasteiger partial charge in [-0.15, -0.1) is 0 Å². The fourth-order valence-corrected chi connectivity index (χ4v) is 2.97. The lowest BCUT2D eigenvalue weighted by Crippen LogP contribution is -2.35. The van der Waals surface area contributed by atoms with Gasteiger partial charge in [0, 0.05) is 0 Å². The first-order chi connectivity index (χ1) is 12.7. The average Bonchev–Trinajstić information content (AvgIpc) is 2.91. The van der Waals surface area contributed by atoms with Crippen LogP contribution in [0.1, 0.15) is 20.3 Å². The first-order valence-corrected chi connectivity index (χ1v) is 8.72. The van der Waals surface area contributed by atoms with E-state index in [2.05, 4.69) is 5.32 Å². The molecule has 2 aromatic rings. The van der Waals surface area contributed by atoms with E-state index in [1.807, 2.05) is 44.2 Å². The van der Waals surface area contributed by atoms with Gasteiger partial charge in [0.15, 0.2) is 0 Å². The zero-order valence-electron chi connectivity index (χ0n) is 14.9. The van der Waals surface area contributed by atoms with Gasteiger partial charge in [0.05, 0.1) is 31.0 Å². The molecule has 1 atom stereocenters. The second-order valence-electron chi connectivity index (χ2n) is 5.80. The fraction of sp³-hybridized carbons (Fsp3) is 0.300. The molecule has 0 unspecified atom stereocenters. The van der Waals surface area contributed by atoms with Gasteiger partial charge in [0.2, 0.25) is 5.91 Å². The number of nitrogens with one attached hydrogen (secondary N) is 1. The summed E-state index contributed by atoms with van der Waals surface area (Å²) >= 11 is 0. The molecule has 6 heteroatoms. The van der Waals surface area contributed by atoms with Crippen LogP contribution in [0.3, 0.4) is 0 Å². The van der Waals surface area contributed by atoms with Crippen molar-refractivity contribution in [3.63, 3.8) is 0 Å². The van der Waals surface area contributed by atoms with Crippen molar-refractivity contribution in [3.05, 3.63) is 48.5 Å². The Labute approximate surface area is 152 Å². The molecule has 2 amide bonds. The number of benzene rings is 2. The Balaban J connectivity index is 1.84. The van der Waals surface area contributed by atoms with Crippen molar-refractivity contribution in [2.24, 2.45) is 0 Å². The van der Waals surface area contributed by atoms with E-state index in [0.29, 0.717) is 36.1 Å². The molecule has 0 aromatic heterocycles. The Morgan fingerprint density at radius 2 is 1.58 bits per heavy atom. The van der Waals surface area contributed by atoms with Crippen LogP contribution < -0.4 is 19.7 Å². The summed E-state index contributed by atoms with van der Waals surface area (Å²) in [5, 5.41) is 3.15. The number of carbonyl (C=O) groups is 2. The third-order valence-corrected chi connectivity index (χ3v) is 4.07. The quantitative estimate of drug-likeness (QED) is 0.773. The van der Waals surface area contributed by atoms with Crippen molar-refractivity contribution in [1.82, 2.24) is 0 Å². The molecule has 0 saturated carbocycles. The lowest BCUT2D eigenvalue weighted by molar-refractivity contribution is -0.121. The van der Waals surface area contributed by atoms with Gasteiger partial charge in [-0.25, -0.2) is 4.90 Å². The number of hydrogen-bond donors (Lipinski definition) is 1. The smallest absolute Gasteiger partial charge is 0.256 e. The molecule has 0 aliphatic carbocycles. The number of nitrogens with zero attached hydrogens (tertiary/aromatic N) is 1. The highest BCUT2D eigenvalue weighted by molar-refractivity contribution is 6.23. The summed E-state index contributed by atoms with van der Waals surface area (Å²) in [7, 11) is 0. The predicted octanol–water partition coefficient (Wildman–Crippen LogP) is 3.23. The van der Waals surface area contributed by atoms with Crippen molar-refractivity contribution in [3.8, 4) is 11.5 Å². The number of anilines is 2. The molecule has 1 aliphatic rings. The first kappa shape index (κ1) is 17.8. The highest BCUT2D eigenvalue weighted by Gasteiger charge is 2.41. The molecular weight excluding hydrogens is 332 g/mol. The minimum Gasteiger partial charge on any atom is -0.492 e. The number of hydrogen-bond acceptors (Lipinski definition) is 5. The van der Waals surface area contributed by atoms with Gasteiger partial charge < -0.3 is 14.8 Å². The van der Waals surface area contributed by atoms with Crippen molar-refractivity contribution < 1.29 is 19.1 Å². The van der Waals surface area contributed by atoms with Gasteiger partial charge in [-0.3, -0.25) is 9.59 Å². The van der Waals surface area contributed by atoms with E-state index in [1.165, 1.54) is 4.90 Å². The molecule has 1 saturated heterocycles. The standard InChI is InChI=1S/C20H22N2O4/c1-3-25-17-11-7-5-9-14(17)21-15-13-19(23)22(20(15)24)16-10-6-8-12-18(16)26-4-2/h5-12,15,21H,3-4,13H2,1-2H3/t15-/m1/s1. The molecule has 1 heterocycles. The summed E-state index contributed by atoms with van der Waals surface area (Å²) < 4.78 is 11.1. The average molecular weight is 354 g/mol. The Bertz CT molecular complexity index is 806. The molecule has 26 heavy (non-hydrogen) atoms. The number of ether oxygens (including phenoxy) is 2. The zero-order valence-corrected chi connectivity index (χ0v) is 14.9. The SMILES string of the molecule is CCOc1ccccc1N[C@@H]1CC(=O)N(c2ccccc2OCC)C1=O. The normalized spacial score (nSPS) is 16.7. The van der Waals surface area contributed by atoms with E-state index in [-0.39, 0.29) is 18.2 Å². The van der Waals surface area contributed by atoms with E-state index in [9.17, 15) is 9.59 Å². The summed E-state index contributed by atoms with van der Waals surface area (Å²) in [6.45, 7) is 4.73. The molecule has 6 nitrogen and oxygen atoms in total. The molecule has 136 valence electrons. The lowest BCUT2D eigenvalue weighted by atomic mass is 10.2. The highest BCUT2D eigenvalue weighted by Crippen LogP contribution is 2.34. The molecule has 2 aromatic carbocycles. The van der Waals surface area contributed by atoms with Gasteiger partial charge in [0.25, 0.3) is 5.91 Å². The fourth-order valence-electron chi connectivity index (χ4n) is 2.97. The van der Waals surface area contributed by atoms with E-state index in [1.54, 1.807) is 18.2 Å². The molecule has 0 radical (unpaired) electrons. The van der Waals surface area contributed by atoms with Gasteiger partial charge in [-0.2, -0.15) is 0 Å². The number of rotatable bonds is 7. The van der Waals surface area contributed by atoms with Gasteiger partial charge in [-0.05, 0) is 38.1 Å². The largest absolute Gasteiger partial charge is 0.492 e. The summed E-state index contributed by atoms with van der Waals surface area (Å²) in [5.74, 6) is 0.623. The van der Waals surface area contributed by atoms with Gasteiger partial charge in [-0.1, -0.05) is 24.3 Å². The van der Waals surface area contributed by atoms with Crippen LogP contribution in [-0.4, -0.2) is 31.1 Å². The van der Waals surface area contributed by atoms with Crippen molar-refractivity contribution >= 4 is 23.2 Å². The highest BCUT2D eigenvalue weighted by atomic mass is 16.5. The minimum atomic E-state index is -0.640. The first-order valence-electron chi connectivity index (χ1n) is 8.72. The zero-order chi connectivity index (χ0) is 18.5. The molecule has 1 aliphatic heterocycles. The Morgan fingerprint density at radius 1 is 0.962 bits per heavy atom. The Kier molecular flexibility index (Phi) is 5.41. The van der Waals surface area contributed by atoms with Crippen LogP contribution in [-0.2, 0) is 9.59 Å².